The van der Waals surface area contributed by atoms with E-state index in [4.69, 9.17) is 19.4 Å². The number of anilines is 2. The van der Waals surface area contributed by atoms with Gasteiger partial charge < -0.3 is 9.32 Å². The van der Waals surface area contributed by atoms with Crippen molar-refractivity contribution in [2.75, 3.05) is 4.90 Å². The first-order valence-corrected chi connectivity index (χ1v) is 20.1. The molecule has 1 aliphatic carbocycles. The largest absolute Gasteiger partial charge is 0.456 e. The van der Waals surface area contributed by atoms with Gasteiger partial charge in [0.05, 0.1) is 6.04 Å². The minimum absolute atomic E-state index is 0.0440. The van der Waals surface area contributed by atoms with Crippen LogP contribution < -0.4 is 4.90 Å². The third-order valence-electron chi connectivity index (χ3n) is 11.5. The zero-order chi connectivity index (χ0) is 37.5. The van der Waals surface area contributed by atoms with E-state index in [1.54, 1.807) is 11.3 Å². The maximum absolute atomic E-state index is 6.71. The van der Waals surface area contributed by atoms with E-state index in [2.05, 4.69) is 181 Å². The fraction of sp³-hybridized carbons (Fsp3) is 0.0392. The smallest absolute Gasteiger partial charge is 0.164 e. The highest BCUT2D eigenvalue weighted by atomic mass is 32.1. The fourth-order valence-corrected chi connectivity index (χ4v) is 10.1. The maximum atomic E-state index is 6.71. The standard InChI is InChI=1S/C51H32N4OS/c1-3-13-31(14-4-1)32-15-11-16-33(29-32)49-52-50(34-25-26-37-36-19-8-10-24-44(36)57-45(37)30-34)54-51(53-49)39-21-12-23-42-47(39)48-43(56-42)28-27-41-46(48)38-20-7-9-22-40(38)55(41)35-17-5-2-6-18-35/h1-30,41,46H. The predicted octanol–water partition coefficient (Wildman–Crippen LogP) is 13.3. The van der Waals surface area contributed by atoms with Crippen LogP contribution in [0.4, 0.5) is 11.4 Å². The second kappa shape index (κ2) is 12.7. The van der Waals surface area contributed by atoms with Gasteiger partial charge in [-0.15, -0.1) is 11.3 Å². The molecule has 3 aromatic heterocycles. The lowest BCUT2D eigenvalue weighted by Crippen LogP contribution is -2.30. The minimum Gasteiger partial charge on any atom is -0.456 e. The summed E-state index contributed by atoms with van der Waals surface area (Å²) >= 11 is 1.80. The zero-order valence-corrected chi connectivity index (χ0v) is 31.4. The Hall–Kier alpha value is -7.15. The van der Waals surface area contributed by atoms with Gasteiger partial charge in [0.2, 0.25) is 0 Å². The maximum Gasteiger partial charge on any atom is 0.164 e. The summed E-state index contributed by atoms with van der Waals surface area (Å²) < 4.78 is 9.18. The molecule has 2 unspecified atom stereocenters. The molecule has 0 saturated heterocycles. The van der Waals surface area contributed by atoms with Crippen LogP contribution in [0, 0.1) is 0 Å². The molecule has 2 aliphatic rings. The predicted molar refractivity (Wildman–Crippen MR) is 234 cm³/mol. The van der Waals surface area contributed by atoms with Crippen molar-refractivity contribution in [2.45, 2.75) is 12.0 Å². The van der Waals surface area contributed by atoms with E-state index in [1.165, 1.54) is 42.7 Å². The van der Waals surface area contributed by atoms with E-state index in [9.17, 15) is 0 Å². The molecule has 7 aromatic carbocycles. The van der Waals surface area contributed by atoms with Crippen molar-refractivity contribution in [3.05, 3.63) is 193 Å². The number of thiophene rings is 1. The minimum atomic E-state index is 0.0440. The second-order valence-corrected chi connectivity index (χ2v) is 15.8. The lowest BCUT2D eigenvalue weighted by atomic mass is 9.82. The van der Waals surface area contributed by atoms with Crippen molar-refractivity contribution in [1.82, 2.24) is 15.0 Å². The normalized spacial score (nSPS) is 15.6. The van der Waals surface area contributed by atoms with Crippen LogP contribution in [0.1, 0.15) is 22.8 Å². The number of benzene rings is 7. The molecular formula is C51H32N4OS. The van der Waals surface area contributed by atoms with Gasteiger partial charge in [-0.3, -0.25) is 0 Å². The first-order valence-electron chi connectivity index (χ1n) is 19.3. The van der Waals surface area contributed by atoms with Crippen LogP contribution in [-0.4, -0.2) is 21.0 Å². The Bertz CT molecular complexity index is 3220. The first kappa shape index (κ1) is 32.1. The fourth-order valence-electron chi connectivity index (χ4n) is 8.97. The van der Waals surface area contributed by atoms with E-state index >= 15 is 0 Å². The van der Waals surface area contributed by atoms with Gasteiger partial charge in [0.15, 0.2) is 17.5 Å². The van der Waals surface area contributed by atoms with Crippen LogP contribution in [-0.2, 0) is 0 Å². The van der Waals surface area contributed by atoms with Crippen LogP contribution >= 0.6 is 11.3 Å². The summed E-state index contributed by atoms with van der Waals surface area (Å²) in [4.78, 5) is 18.3. The molecule has 0 radical (unpaired) electrons. The third kappa shape index (κ3) is 5.11. The molecule has 0 N–H and O–H groups in total. The van der Waals surface area contributed by atoms with E-state index in [1.807, 2.05) is 6.07 Å². The molecule has 0 fully saturated rings. The van der Waals surface area contributed by atoms with Gasteiger partial charge in [-0.2, -0.15) is 0 Å². The summed E-state index contributed by atoms with van der Waals surface area (Å²) in [7, 11) is 0. The van der Waals surface area contributed by atoms with E-state index in [0.717, 1.165) is 44.5 Å². The molecule has 5 nitrogen and oxygen atoms in total. The van der Waals surface area contributed by atoms with Gasteiger partial charge in [-0.1, -0.05) is 133 Å². The van der Waals surface area contributed by atoms with Gasteiger partial charge in [0.25, 0.3) is 0 Å². The van der Waals surface area contributed by atoms with Crippen LogP contribution in [0.15, 0.2) is 180 Å². The Morgan fingerprint density at radius 3 is 2.09 bits per heavy atom. The molecule has 0 saturated carbocycles. The van der Waals surface area contributed by atoms with E-state index in [-0.39, 0.29) is 12.0 Å². The van der Waals surface area contributed by atoms with Gasteiger partial charge in [0, 0.05) is 65.1 Å². The second-order valence-electron chi connectivity index (χ2n) is 14.7. The van der Waals surface area contributed by atoms with E-state index < -0.39 is 0 Å². The zero-order valence-electron chi connectivity index (χ0n) is 30.6. The SMILES string of the molecule is C1=CC2C(c3ccccc3N2c2ccccc2)c2c1oc1cccc(-c3nc(-c4cccc(-c5ccccc5)c4)nc(-c4ccc5c(c4)sc4ccccc45)n3)c21. The van der Waals surface area contributed by atoms with Gasteiger partial charge in [0.1, 0.15) is 11.3 Å². The molecule has 12 rings (SSSR count). The molecule has 268 valence electrons. The number of aromatic nitrogens is 3. The molecule has 57 heavy (non-hydrogen) atoms. The van der Waals surface area contributed by atoms with E-state index in [0.29, 0.717) is 17.5 Å². The molecule has 2 atom stereocenters. The molecule has 0 bridgehead atoms. The molecule has 1 aliphatic heterocycles. The van der Waals surface area contributed by atoms with Crippen molar-refractivity contribution in [1.29, 1.82) is 0 Å². The number of furan rings is 1. The number of fused-ring (bicyclic) bond motifs is 10. The Balaban J connectivity index is 1.07. The Kier molecular flexibility index (Phi) is 7.16. The molecule has 6 heteroatoms. The lowest BCUT2D eigenvalue weighted by Gasteiger charge is -2.30. The Labute approximate surface area is 332 Å². The summed E-state index contributed by atoms with van der Waals surface area (Å²) in [5.74, 6) is 2.79. The topological polar surface area (TPSA) is 55.1 Å². The van der Waals surface area contributed by atoms with Crippen molar-refractivity contribution in [3.8, 4) is 45.3 Å². The monoisotopic (exact) mass is 748 g/mol. The molecular weight excluding hydrogens is 717 g/mol. The number of para-hydroxylation sites is 2. The lowest BCUT2D eigenvalue weighted by molar-refractivity contribution is 0.584. The van der Waals surface area contributed by atoms with Crippen molar-refractivity contribution >= 4 is 59.9 Å². The van der Waals surface area contributed by atoms with Crippen LogP contribution in [0.25, 0.3) is 82.5 Å². The van der Waals surface area contributed by atoms with Crippen LogP contribution in [0.3, 0.4) is 0 Å². The Morgan fingerprint density at radius 1 is 0.526 bits per heavy atom. The molecule has 0 spiro atoms. The molecule has 10 aromatic rings. The number of hydrogen-bond acceptors (Lipinski definition) is 6. The number of nitrogens with zero attached hydrogens (tertiary/aromatic N) is 4. The third-order valence-corrected chi connectivity index (χ3v) is 12.6. The summed E-state index contributed by atoms with van der Waals surface area (Å²) in [6, 6.07) is 59.9. The number of hydrogen-bond donors (Lipinski definition) is 0. The van der Waals surface area contributed by atoms with Crippen LogP contribution in [0.2, 0.25) is 0 Å². The highest BCUT2D eigenvalue weighted by molar-refractivity contribution is 7.25. The first-order chi connectivity index (χ1) is 28.2. The van der Waals surface area contributed by atoms with Crippen molar-refractivity contribution < 1.29 is 4.42 Å². The average molecular weight is 749 g/mol. The quantitative estimate of drug-likeness (QED) is 0.175. The van der Waals surface area contributed by atoms with Gasteiger partial charge in [-0.05, 0) is 65.2 Å². The average Bonchev–Trinajstić information content (AvgIpc) is 3.96. The van der Waals surface area contributed by atoms with Crippen molar-refractivity contribution in [2.24, 2.45) is 0 Å². The highest BCUT2D eigenvalue weighted by Gasteiger charge is 2.43. The van der Waals surface area contributed by atoms with Crippen molar-refractivity contribution in [3.63, 3.8) is 0 Å². The molecule has 4 heterocycles. The molecule has 0 amide bonds. The summed E-state index contributed by atoms with van der Waals surface area (Å²) in [5, 5.41) is 3.54. The number of rotatable bonds is 5. The summed E-state index contributed by atoms with van der Waals surface area (Å²) in [6.45, 7) is 0. The summed E-state index contributed by atoms with van der Waals surface area (Å²) in [6.07, 6.45) is 4.45. The highest BCUT2D eigenvalue weighted by Crippen LogP contribution is 2.54. The van der Waals surface area contributed by atoms with Crippen LogP contribution in [0.5, 0.6) is 0 Å². The van der Waals surface area contributed by atoms with Gasteiger partial charge >= 0.3 is 0 Å². The summed E-state index contributed by atoms with van der Waals surface area (Å²) in [5.41, 5.74) is 10.7. The van der Waals surface area contributed by atoms with Gasteiger partial charge in [-0.25, -0.2) is 15.0 Å². The Morgan fingerprint density at radius 2 is 1.21 bits per heavy atom.